The average molecular weight is 376 g/mol. The lowest BCUT2D eigenvalue weighted by Gasteiger charge is -2.34. The Morgan fingerprint density at radius 1 is 1.23 bits per heavy atom. The summed E-state index contributed by atoms with van der Waals surface area (Å²) >= 11 is 1.50. The van der Waals surface area contributed by atoms with Crippen molar-refractivity contribution in [2.75, 3.05) is 32.7 Å². The van der Waals surface area contributed by atoms with Gasteiger partial charge in [-0.25, -0.2) is 0 Å². The summed E-state index contributed by atoms with van der Waals surface area (Å²) in [6.45, 7) is 3.92. The van der Waals surface area contributed by atoms with Gasteiger partial charge in [0.25, 0.3) is 5.91 Å². The van der Waals surface area contributed by atoms with Crippen LogP contribution in [0.4, 0.5) is 0 Å². The zero-order valence-corrected chi connectivity index (χ0v) is 15.3. The third kappa shape index (κ3) is 4.29. The summed E-state index contributed by atoms with van der Waals surface area (Å²) < 4.78 is 5.17. The van der Waals surface area contributed by atoms with Gasteiger partial charge >= 0.3 is 0 Å². The molecule has 3 heterocycles. The molecule has 0 unspecified atom stereocenters. The van der Waals surface area contributed by atoms with Gasteiger partial charge < -0.3 is 19.6 Å². The minimum absolute atomic E-state index is 0.0268. The van der Waals surface area contributed by atoms with E-state index in [1.54, 1.807) is 15.9 Å². The van der Waals surface area contributed by atoms with E-state index in [0.29, 0.717) is 31.9 Å². The monoisotopic (exact) mass is 376 g/mol. The number of rotatable bonds is 5. The summed E-state index contributed by atoms with van der Waals surface area (Å²) in [4.78, 5) is 39.9. The number of aromatic nitrogens is 1. The van der Waals surface area contributed by atoms with Gasteiger partial charge in [-0.3, -0.25) is 14.4 Å². The summed E-state index contributed by atoms with van der Waals surface area (Å²) in [7, 11) is 0. The molecule has 3 rings (SSSR count). The van der Waals surface area contributed by atoms with Crippen LogP contribution in [0.25, 0.3) is 10.6 Å². The topological polar surface area (TPSA) is 95.8 Å². The fourth-order valence-corrected chi connectivity index (χ4v) is 3.39. The van der Waals surface area contributed by atoms with Gasteiger partial charge in [0.05, 0.1) is 4.88 Å². The van der Waals surface area contributed by atoms with Crippen molar-refractivity contribution in [3.05, 3.63) is 29.3 Å². The Labute approximate surface area is 154 Å². The molecule has 0 aromatic carbocycles. The van der Waals surface area contributed by atoms with Crippen LogP contribution in [0.15, 0.2) is 28.1 Å². The van der Waals surface area contributed by atoms with Crippen LogP contribution >= 0.6 is 11.3 Å². The van der Waals surface area contributed by atoms with Gasteiger partial charge in [0.15, 0.2) is 11.5 Å². The Bertz CT molecular complexity index is 779. The average Bonchev–Trinajstić information content (AvgIpc) is 3.33. The third-order valence-electron chi connectivity index (χ3n) is 4.21. The normalized spacial score (nSPS) is 14.3. The lowest BCUT2D eigenvalue weighted by Crippen LogP contribution is -2.50. The molecule has 3 amide bonds. The first-order valence-corrected chi connectivity index (χ1v) is 9.24. The molecule has 2 aromatic rings. The third-order valence-corrected chi connectivity index (χ3v) is 5.09. The molecule has 0 bridgehead atoms. The van der Waals surface area contributed by atoms with E-state index >= 15 is 0 Å². The van der Waals surface area contributed by atoms with Crippen LogP contribution in [0.3, 0.4) is 0 Å². The van der Waals surface area contributed by atoms with Crippen molar-refractivity contribution in [2.24, 2.45) is 0 Å². The van der Waals surface area contributed by atoms with E-state index in [-0.39, 0.29) is 36.4 Å². The minimum Gasteiger partial charge on any atom is -0.355 e. The molecule has 0 spiro atoms. The Balaban J connectivity index is 1.42. The maximum Gasteiger partial charge on any atom is 0.273 e. The predicted octanol–water partition coefficient (Wildman–Crippen LogP) is 1.21. The van der Waals surface area contributed by atoms with E-state index in [1.807, 2.05) is 17.5 Å². The molecule has 0 aliphatic carbocycles. The highest BCUT2D eigenvalue weighted by Gasteiger charge is 2.22. The van der Waals surface area contributed by atoms with Gasteiger partial charge in [-0.2, -0.15) is 0 Å². The SMILES string of the molecule is CC(=O)N1CCN(C(=O)CCNC(=O)c2cc(-c3cccs3)on2)CC1. The molecule has 1 aliphatic rings. The first-order valence-electron chi connectivity index (χ1n) is 8.36. The van der Waals surface area contributed by atoms with Gasteiger partial charge in [-0.15, -0.1) is 11.3 Å². The van der Waals surface area contributed by atoms with Gasteiger partial charge in [0.2, 0.25) is 11.8 Å². The van der Waals surface area contributed by atoms with Crippen LogP contribution < -0.4 is 5.32 Å². The number of thiophene rings is 1. The molecule has 0 saturated carbocycles. The van der Waals surface area contributed by atoms with Crippen LogP contribution in [0.1, 0.15) is 23.8 Å². The zero-order valence-electron chi connectivity index (χ0n) is 14.4. The first-order chi connectivity index (χ1) is 12.5. The Morgan fingerprint density at radius 2 is 1.96 bits per heavy atom. The molecule has 2 aromatic heterocycles. The van der Waals surface area contributed by atoms with E-state index in [1.165, 1.54) is 18.3 Å². The maximum atomic E-state index is 12.2. The molecular weight excluding hydrogens is 356 g/mol. The smallest absolute Gasteiger partial charge is 0.273 e. The number of nitrogens with one attached hydrogen (secondary N) is 1. The second-order valence-corrected chi connectivity index (χ2v) is 6.89. The summed E-state index contributed by atoms with van der Waals surface area (Å²) in [6, 6.07) is 5.37. The summed E-state index contributed by atoms with van der Waals surface area (Å²) in [6.07, 6.45) is 0.210. The maximum absolute atomic E-state index is 12.2. The second-order valence-electron chi connectivity index (χ2n) is 5.95. The lowest BCUT2D eigenvalue weighted by molar-refractivity contribution is -0.138. The van der Waals surface area contributed by atoms with Crippen LogP contribution in [-0.4, -0.2) is 65.4 Å². The fourth-order valence-electron chi connectivity index (χ4n) is 2.72. The molecule has 0 atom stereocenters. The first kappa shape index (κ1) is 18.1. The van der Waals surface area contributed by atoms with E-state index < -0.39 is 0 Å². The molecule has 8 nitrogen and oxygen atoms in total. The number of hydrogen-bond acceptors (Lipinski definition) is 6. The Hall–Kier alpha value is -2.68. The quantitative estimate of drug-likeness (QED) is 0.846. The van der Waals surface area contributed by atoms with Gasteiger partial charge in [0, 0.05) is 52.1 Å². The number of amides is 3. The van der Waals surface area contributed by atoms with E-state index in [4.69, 9.17) is 4.52 Å². The molecule has 1 saturated heterocycles. The van der Waals surface area contributed by atoms with Crippen LogP contribution in [0.5, 0.6) is 0 Å². The molecule has 0 radical (unpaired) electrons. The Morgan fingerprint density at radius 3 is 2.62 bits per heavy atom. The summed E-state index contributed by atoms with van der Waals surface area (Å²) in [5.41, 5.74) is 0.191. The van der Waals surface area contributed by atoms with Crippen LogP contribution in [0, 0.1) is 0 Å². The largest absolute Gasteiger partial charge is 0.355 e. The van der Waals surface area contributed by atoms with Gasteiger partial charge in [0.1, 0.15) is 0 Å². The lowest BCUT2D eigenvalue weighted by atomic mass is 10.2. The zero-order chi connectivity index (χ0) is 18.5. The van der Waals surface area contributed by atoms with Crippen molar-refractivity contribution >= 4 is 29.1 Å². The van der Waals surface area contributed by atoms with Crippen molar-refractivity contribution in [1.29, 1.82) is 0 Å². The van der Waals surface area contributed by atoms with Crippen molar-refractivity contribution in [3.8, 4) is 10.6 Å². The molecular formula is C17H20N4O4S. The van der Waals surface area contributed by atoms with E-state index in [2.05, 4.69) is 10.5 Å². The van der Waals surface area contributed by atoms with E-state index in [9.17, 15) is 14.4 Å². The Kier molecular flexibility index (Phi) is 5.67. The highest BCUT2D eigenvalue weighted by molar-refractivity contribution is 7.13. The second kappa shape index (κ2) is 8.13. The number of nitrogens with zero attached hydrogens (tertiary/aromatic N) is 3. The van der Waals surface area contributed by atoms with Crippen molar-refractivity contribution in [2.45, 2.75) is 13.3 Å². The van der Waals surface area contributed by atoms with Gasteiger partial charge in [-0.1, -0.05) is 11.2 Å². The predicted molar refractivity (Wildman–Crippen MR) is 95.6 cm³/mol. The molecule has 1 N–H and O–H groups in total. The number of hydrogen-bond donors (Lipinski definition) is 1. The highest BCUT2D eigenvalue weighted by Crippen LogP contribution is 2.24. The van der Waals surface area contributed by atoms with Crippen LogP contribution in [-0.2, 0) is 9.59 Å². The van der Waals surface area contributed by atoms with E-state index in [0.717, 1.165) is 4.88 Å². The highest BCUT2D eigenvalue weighted by atomic mass is 32.1. The van der Waals surface area contributed by atoms with Crippen molar-refractivity contribution in [1.82, 2.24) is 20.3 Å². The standard InChI is InChI=1S/C17H20N4O4S/c1-12(22)20-6-8-21(9-7-20)16(23)4-5-18-17(24)13-11-14(25-19-13)15-3-2-10-26-15/h2-3,10-11H,4-9H2,1H3,(H,18,24). The summed E-state index contributed by atoms with van der Waals surface area (Å²) in [5, 5.41) is 8.37. The van der Waals surface area contributed by atoms with Gasteiger partial charge in [-0.05, 0) is 11.4 Å². The van der Waals surface area contributed by atoms with Crippen LogP contribution in [0.2, 0.25) is 0 Å². The molecule has 1 aliphatic heterocycles. The molecule has 1 fully saturated rings. The minimum atomic E-state index is -0.370. The molecule has 26 heavy (non-hydrogen) atoms. The number of carbonyl (C=O) groups is 3. The molecule has 9 heteroatoms. The van der Waals surface area contributed by atoms with Crippen molar-refractivity contribution in [3.63, 3.8) is 0 Å². The number of carbonyl (C=O) groups excluding carboxylic acids is 3. The fraction of sp³-hybridized carbons (Fsp3) is 0.412. The van der Waals surface area contributed by atoms with Crippen molar-refractivity contribution < 1.29 is 18.9 Å². The molecule has 138 valence electrons. The number of piperazine rings is 1. The summed E-state index contributed by atoms with van der Waals surface area (Å²) in [5.74, 6) is 0.169.